The van der Waals surface area contributed by atoms with Crippen LogP contribution in [0.4, 0.5) is 10.1 Å². The zero-order valence-corrected chi connectivity index (χ0v) is 12.6. The fraction of sp³-hybridized carbons (Fsp3) is 0.400. The molecule has 1 aromatic carbocycles. The highest BCUT2D eigenvalue weighted by Gasteiger charge is 2.18. The van der Waals surface area contributed by atoms with E-state index in [4.69, 9.17) is 5.73 Å². The molecule has 0 aliphatic carbocycles. The lowest BCUT2D eigenvalue weighted by molar-refractivity contribution is 0.519. The van der Waals surface area contributed by atoms with E-state index in [1.54, 1.807) is 0 Å². The van der Waals surface area contributed by atoms with E-state index in [-0.39, 0.29) is 17.1 Å². The van der Waals surface area contributed by atoms with Crippen LogP contribution in [0.25, 0.3) is 0 Å². The molecule has 0 bridgehead atoms. The van der Waals surface area contributed by atoms with Crippen molar-refractivity contribution in [2.75, 3.05) is 32.1 Å². The molecule has 0 aromatic heterocycles. The number of nitrogen functional groups attached to an aromatic ring is 1. The third-order valence-corrected chi connectivity index (χ3v) is 5.69. The highest BCUT2D eigenvalue weighted by Crippen LogP contribution is 2.15. The van der Waals surface area contributed by atoms with E-state index in [9.17, 15) is 21.2 Å². The highest BCUT2D eigenvalue weighted by atomic mass is 32.2. The number of hydrogen-bond acceptors (Lipinski definition) is 5. The van der Waals surface area contributed by atoms with Gasteiger partial charge in [-0.25, -0.2) is 30.3 Å². The molecule has 0 unspecified atom stereocenters. The van der Waals surface area contributed by atoms with E-state index < -0.39 is 31.6 Å². The molecular formula is C10H16FN3O4S2. The summed E-state index contributed by atoms with van der Waals surface area (Å²) < 4.78 is 62.8. The molecule has 0 saturated carbocycles. The van der Waals surface area contributed by atoms with Crippen molar-refractivity contribution >= 4 is 25.7 Å². The summed E-state index contributed by atoms with van der Waals surface area (Å²) >= 11 is 0. The van der Waals surface area contributed by atoms with Crippen LogP contribution in [-0.4, -0.2) is 47.5 Å². The zero-order chi connectivity index (χ0) is 15.6. The van der Waals surface area contributed by atoms with Gasteiger partial charge >= 0.3 is 0 Å². The lowest BCUT2D eigenvalue weighted by atomic mass is 10.3. The number of benzene rings is 1. The maximum Gasteiger partial charge on any atom is 0.240 e. The zero-order valence-electron chi connectivity index (χ0n) is 11.0. The Kier molecular flexibility index (Phi) is 5.08. The predicted octanol–water partition coefficient (Wildman–Crippen LogP) is -0.422. The molecule has 20 heavy (non-hydrogen) atoms. The van der Waals surface area contributed by atoms with E-state index >= 15 is 0 Å². The van der Waals surface area contributed by atoms with Crippen LogP contribution < -0.4 is 10.5 Å². The lowest BCUT2D eigenvalue weighted by Gasteiger charge is -2.12. The van der Waals surface area contributed by atoms with Crippen LogP contribution >= 0.6 is 0 Å². The summed E-state index contributed by atoms with van der Waals surface area (Å²) in [4.78, 5) is -0.350. The van der Waals surface area contributed by atoms with Crippen LogP contribution in [0.3, 0.4) is 0 Å². The standard InChI is InChI=1S/C10H16FN3O4S2/c1-14(2)19(15,16)4-3-13-20(17,18)10-6-8(11)5-9(12)7-10/h5-7,13H,3-4,12H2,1-2H3. The predicted molar refractivity (Wildman–Crippen MR) is 73.5 cm³/mol. The molecule has 1 rings (SSSR count). The van der Waals surface area contributed by atoms with Gasteiger partial charge in [0.05, 0.1) is 10.6 Å². The molecule has 7 nitrogen and oxygen atoms in total. The first-order valence-corrected chi connectivity index (χ1v) is 8.60. The van der Waals surface area contributed by atoms with Crippen LogP contribution in [0.2, 0.25) is 0 Å². The number of rotatable bonds is 6. The highest BCUT2D eigenvalue weighted by molar-refractivity contribution is 7.90. The quantitative estimate of drug-likeness (QED) is 0.690. The third kappa shape index (κ3) is 4.40. The Balaban J connectivity index is 2.81. The normalized spacial score (nSPS) is 12.8. The van der Waals surface area contributed by atoms with Crippen LogP contribution in [0.5, 0.6) is 0 Å². The van der Waals surface area contributed by atoms with Gasteiger partial charge < -0.3 is 5.73 Å². The molecule has 3 N–H and O–H groups in total. The van der Waals surface area contributed by atoms with Crippen LogP contribution in [-0.2, 0) is 20.0 Å². The van der Waals surface area contributed by atoms with Crippen molar-refractivity contribution < 1.29 is 21.2 Å². The number of halogens is 1. The van der Waals surface area contributed by atoms with Crippen LogP contribution in [0, 0.1) is 5.82 Å². The number of anilines is 1. The Labute approximate surface area is 117 Å². The minimum atomic E-state index is -4.01. The van der Waals surface area contributed by atoms with Gasteiger partial charge in [0.15, 0.2) is 0 Å². The van der Waals surface area contributed by atoms with Gasteiger partial charge in [0.1, 0.15) is 5.82 Å². The number of nitrogens with zero attached hydrogens (tertiary/aromatic N) is 1. The van der Waals surface area contributed by atoms with E-state index in [2.05, 4.69) is 4.72 Å². The summed E-state index contributed by atoms with van der Waals surface area (Å²) in [5, 5.41) is 0. The molecule has 0 amide bonds. The summed E-state index contributed by atoms with van der Waals surface area (Å²) in [6.45, 7) is -0.320. The number of nitrogens with two attached hydrogens (primary N) is 1. The Morgan fingerprint density at radius 1 is 1.20 bits per heavy atom. The number of hydrogen-bond donors (Lipinski definition) is 2. The molecule has 0 atom stereocenters. The smallest absolute Gasteiger partial charge is 0.240 e. The Morgan fingerprint density at radius 2 is 1.80 bits per heavy atom. The van der Waals surface area contributed by atoms with E-state index in [0.717, 1.165) is 22.5 Å². The van der Waals surface area contributed by atoms with Crippen molar-refractivity contribution in [1.82, 2.24) is 9.03 Å². The molecule has 10 heteroatoms. The first-order chi connectivity index (χ1) is 9.04. The number of nitrogens with one attached hydrogen (secondary N) is 1. The number of sulfonamides is 2. The molecular weight excluding hydrogens is 309 g/mol. The van der Waals surface area contributed by atoms with E-state index in [0.29, 0.717) is 0 Å². The van der Waals surface area contributed by atoms with Gasteiger partial charge in [0.2, 0.25) is 20.0 Å². The van der Waals surface area contributed by atoms with Gasteiger partial charge in [-0.2, -0.15) is 0 Å². The van der Waals surface area contributed by atoms with Crippen molar-refractivity contribution in [1.29, 1.82) is 0 Å². The first kappa shape index (κ1) is 16.8. The monoisotopic (exact) mass is 325 g/mol. The summed E-state index contributed by atoms with van der Waals surface area (Å²) in [6, 6.07) is 2.88. The molecule has 0 saturated heterocycles. The van der Waals surface area contributed by atoms with Crippen molar-refractivity contribution in [2.45, 2.75) is 4.90 Å². The first-order valence-electron chi connectivity index (χ1n) is 5.50. The molecule has 0 fully saturated rings. The summed E-state index contributed by atoms with van der Waals surface area (Å²) in [5.74, 6) is -1.18. The maximum absolute atomic E-state index is 13.1. The summed E-state index contributed by atoms with van der Waals surface area (Å²) in [7, 11) is -4.83. The molecule has 0 aliphatic rings. The van der Waals surface area contributed by atoms with Crippen LogP contribution in [0.1, 0.15) is 0 Å². The van der Waals surface area contributed by atoms with Gasteiger partial charge in [-0.1, -0.05) is 0 Å². The van der Waals surface area contributed by atoms with Crippen molar-refractivity contribution in [3.05, 3.63) is 24.0 Å². The molecule has 0 radical (unpaired) electrons. The minimum Gasteiger partial charge on any atom is -0.399 e. The van der Waals surface area contributed by atoms with Crippen molar-refractivity contribution in [3.8, 4) is 0 Å². The van der Waals surface area contributed by atoms with Crippen molar-refractivity contribution in [3.63, 3.8) is 0 Å². The van der Waals surface area contributed by atoms with Gasteiger partial charge in [-0.3, -0.25) is 0 Å². The lowest BCUT2D eigenvalue weighted by Crippen LogP contribution is -2.34. The average molecular weight is 325 g/mol. The fourth-order valence-corrected chi connectivity index (χ4v) is 3.26. The Morgan fingerprint density at radius 3 is 2.30 bits per heavy atom. The maximum atomic E-state index is 13.1. The van der Waals surface area contributed by atoms with E-state index in [1.165, 1.54) is 14.1 Å². The molecule has 0 aliphatic heterocycles. The summed E-state index contributed by atoms with van der Waals surface area (Å²) in [6.07, 6.45) is 0. The Bertz CT molecular complexity index is 666. The van der Waals surface area contributed by atoms with E-state index in [1.807, 2.05) is 0 Å². The second-order valence-electron chi connectivity index (χ2n) is 4.22. The Hall–Kier alpha value is -1.23. The molecule has 0 heterocycles. The van der Waals surface area contributed by atoms with Gasteiger partial charge in [0, 0.05) is 26.3 Å². The van der Waals surface area contributed by atoms with Gasteiger partial charge in [-0.15, -0.1) is 0 Å². The largest absolute Gasteiger partial charge is 0.399 e. The SMILES string of the molecule is CN(C)S(=O)(=O)CCNS(=O)(=O)c1cc(N)cc(F)c1. The van der Waals surface area contributed by atoms with Crippen LogP contribution in [0.15, 0.2) is 23.1 Å². The van der Waals surface area contributed by atoms with Gasteiger partial charge in [0.25, 0.3) is 0 Å². The molecule has 1 aromatic rings. The minimum absolute atomic E-state index is 0.0358. The molecule has 114 valence electrons. The fourth-order valence-electron chi connectivity index (χ4n) is 1.31. The molecule has 0 spiro atoms. The van der Waals surface area contributed by atoms with Gasteiger partial charge in [-0.05, 0) is 18.2 Å². The second-order valence-corrected chi connectivity index (χ2v) is 8.29. The topological polar surface area (TPSA) is 110 Å². The third-order valence-electron chi connectivity index (χ3n) is 2.41. The average Bonchev–Trinajstić information content (AvgIpc) is 2.26. The van der Waals surface area contributed by atoms with Crippen molar-refractivity contribution in [2.24, 2.45) is 0 Å². The second kappa shape index (κ2) is 6.04. The summed E-state index contributed by atoms with van der Waals surface area (Å²) in [5.41, 5.74) is 5.32.